The quantitative estimate of drug-likeness (QED) is 0.561. The zero-order chi connectivity index (χ0) is 20.4. The van der Waals surface area contributed by atoms with Crippen LogP contribution in [0.2, 0.25) is 0 Å². The summed E-state index contributed by atoms with van der Waals surface area (Å²) < 4.78 is 12.1. The van der Waals surface area contributed by atoms with Crippen molar-refractivity contribution in [2.24, 2.45) is 7.05 Å². The minimum Gasteiger partial charge on any atom is -0.497 e. The van der Waals surface area contributed by atoms with Gasteiger partial charge in [0, 0.05) is 36.5 Å². The lowest BCUT2D eigenvalue weighted by Crippen LogP contribution is -2.20. The van der Waals surface area contributed by atoms with Gasteiger partial charge in [-0.25, -0.2) is 9.97 Å². The number of rotatable bonds is 5. The molecule has 0 spiro atoms. The second kappa shape index (κ2) is 7.59. The number of methoxy groups -OCH3 is 2. The Hall–Kier alpha value is -3.94. The summed E-state index contributed by atoms with van der Waals surface area (Å²) in [5, 5.41) is 3.77. The maximum absolute atomic E-state index is 13.0. The van der Waals surface area contributed by atoms with Crippen molar-refractivity contribution in [1.29, 1.82) is 0 Å². The molecule has 0 aliphatic heterocycles. The lowest BCUT2D eigenvalue weighted by Gasteiger charge is -2.12. The van der Waals surface area contributed by atoms with Gasteiger partial charge < -0.3 is 14.8 Å². The molecule has 1 N–H and O–H groups in total. The second-order valence-corrected chi connectivity index (χ2v) is 6.34. The van der Waals surface area contributed by atoms with Crippen LogP contribution in [0.25, 0.3) is 22.2 Å². The molecule has 4 aromatic rings. The highest BCUT2D eigenvalue weighted by molar-refractivity contribution is 5.82. The fourth-order valence-electron chi connectivity index (χ4n) is 3.03. The summed E-state index contributed by atoms with van der Waals surface area (Å²) >= 11 is 0. The highest BCUT2D eigenvalue weighted by Gasteiger charge is 2.13. The number of ether oxygens (including phenoxy) is 2. The van der Waals surface area contributed by atoms with E-state index in [1.165, 1.54) is 4.57 Å². The average molecular weight is 389 g/mol. The molecular formula is C21H19N5O3. The van der Waals surface area contributed by atoms with Crippen LogP contribution in [-0.4, -0.2) is 33.7 Å². The Morgan fingerprint density at radius 1 is 1.00 bits per heavy atom. The first-order valence-corrected chi connectivity index (χ1v) is 8.87. The summed E-state index contributed by atoms with van der Waals surface area (Å²) in [5.41, 5.74) is 1.53. The highest BCUT2D eigenvalue weighted by atomic mass is 16.5. The number of fused-ring (bicyclic) bond motifs is 1. The Balaban J connectivity index is 1.81. The summed E-state index contributed by atoms with van der Waals surface area (Å²) in [4.78, 5) is 26.1. The van der Waals surface area contributed by atoms with E-state index in [4.69, 9.17) is 9.47 Å². The zero-order valence-corrected chi connectivity index (χ0v) is 16.2. The van der Waals surface area contributed by atoms with Crippen LogP contribution in [0.1, 0.15) is 0 Å². The molecule has 0 unspecified atom stereocenters. The van der Waals surface area contributed by atoms with Crippen molar-refractivity contribution in [3.63, 3.8) is 0 Å². The van der Waals surface area contributed by atoms with Gasteiger partial charge >= 0.3 is 0 Å². The Bertz CT molecular complexity index is 1220. The predicted molar refractivity (Wildman–Crippen MR) is 111 cm³/mol. The normalized spacial score (nSPS) is 10.7. The van der Waals surface area contributed by atoms with Gasteiger partial charge in [0.05, 0.1) is 14.2 Å². The summed E-state index contributed by atoms with van der Waals surface area (Å²) in [6.45, 7) is 0. The fraction of sp³-hybridized carbons (Fsp3) is 0.143. The molecule has 29 heavy (non-hydrogen) atoms. The van der Waals surface area contributed by atoms with Crippen molar-refractivity contribution in [2.75, 3.05) is 19.5 Å². The third-order valence-corrected chi connectivity index (χ3v) is 4.52. The maximum Gasteiger partial charge on any atom is 0.259 e. The molecule has 0 aliphatic rings. The second-order valence-electron chi connectivity index (χ2n) is 6.34. The Kier molecular flexibility index (Phi) is 4.82. The van der Waals surface area contributed by atoms with Crippen molar-refractivity contribution in [1.82, 2.24) is 19.5 Å². The van der Waals surface area contributed by atoms with Crippen molar-refractivity contribution < 1.29 is 9.47 Å². The summed E-state index contributed by atoms with van der Waals surface area (Å²) in [5.74, 6) is 2.19. The van der Waals surface area contributed by atoms with Gasteiger partial charge in [-0.2, -0.15) is 4.98 Å². The molecule has 0 fully saturated rings. The van der Waals surface area contributed by atoms with Gasteiger partial charge in [-0.3, -0.25) is 9.36 Å². The summed E-state index contributed by atoms with van der Waals surface area (Å²) in [6.07, 6.45) is 3.35. The Morgan fingerprint density at radius 3 is 2.41 bits per heavy atom. The number of hydrogen-bond acceptors (Lipinski definition) is 7. The maximum atomic E-state index is 13.0. The SMILES string of the molecule is COc1cc(OC)cc(-c2cc3cnc(Nc4ccccn4)nc3n(C)c2=O)c1. The van der Waals surface area contributed by atoms with Crippen LogP contribution in [0.15, 0.2) is 59.7 Å². The molecule has 0 amide bonds. The van der Waals surface area contributed by atoms with E-state index in [0.717, 1.165) is 5.39 Å². The molecule has 8 heteroatoms. The molecule has 0 saturated carbocycles. The molecule has 0 radical (unpaired) electrons. The van der Waals surface area contributed by atoms with E-state index in [1.807, 2.05) is 18.2 Å². The molecular weight excluding hydrogens is 370 g/mol. The molecule has 3 heterocycles. The smallest absolute Gasteiger partial charge is 0.259 e. The largest absolute Gasteiger partial charge is 0.497 e. The van der Waals surface area contributed by atoms with Crippen molar-refractivity contribution in [3.05, 3.63) is 65.2 Å². The number of aromatic nitrogens is 4. The van der Waals surface area contributed by atoms with Crippen LogP contribution >= 0.6 is 0 Å². The number of aryl methyl sites for hydroxylation is 1. The van der Waals surface area contributed by atoms with Crippen LogP contribution in [0.5, 0.6) is 11.5 Å². The van der Waals surface area contributed by atoms with Gasteiger partial charge in [-0.05, 0) is 35.9 Å². The molecule has 0 atom stereocenters. The molecule has 8 nitrogen and oxygen atoms in total. The third kappa shape index (κ3) is 3.60. The molecule has 1 aromatic carbocycles. The van der Waals surface area contributed by atoms with E-state index in [2.05, 4.69) is 20.3 Å². The number of nitrogens with zero attached hydrogens (tertiary/aromatic N) is 4. The molecule has 3 aromatic heterocycles. The number of pyridine rings is 2. The van der Waals surface area contributed by atoms with Gasteiger partial charge in [0.25, 0.3) is 5.56 Å². The van der Waals surface area contributed by atoms with Crippen LogP contribution in [0, 0.1) is 0 Å². The van der Waals surface area contributed by atoms with E-state index in [-0.39, 0.29) is 5.56 Å². The number of anilines is 2. The van der Waals surface area contributed by atoms with Gasteiger partial charge in [0.1, 0.15) is 23.0 Å². The van der Waals surface area contributed by atoms with E-state index in [0.29, 0.717) is 40.0 Å². The molecule has 4 rings (SSSR count). The first-order chi connectivity index (χ1) is 14.1. The minimum atomic E-state index is -0.185. The first-order valence-electron chi connectivity index (χ1n) is 8.87. The van der Waals surface area contributed by atoms with Crippen LogP contribution in [0.3, 0.4) is 0 Å². The lowest BCUT2D eigenvalue weighted by molar-refractivity contribution is 0.394. The zero-order valence-electron chi connectivity index (χ0n) is 16.2. The third-order valence-electron chi connectivity index (χ3n) is 4.52. The van der Waals surface area contributed by atoms with Crippen LogP contribution < -0.4 is 20.3 Å². The van der Waals surface area contributed by atoms with Crippen molar-refractivity contribution >= 4 is 22.8 Å². The summed E-state index contributed by atoms with van der Waals surface area (Å²) in [6, 6.07) is 12.6. The van der Waals surface area contributed by atoms with Gasteiger partial charge in [-0.1, -0.05) is 6.07 Å². The standard InChI is InChI=1S/C21H19N5O3/c1-26-19-14(12-23-21(25-19)24-18-6-4-5-7-22-18)10-17(20(26)27)13-8-15(28-2)11-16(9-13)29-3/h4-12H,1-3H3,(H,22,23,24,25). The first kappa shape index (κ1) is 18.4. The average Bonchev–Trinajstić information content (AvgIpc) is 2.76. The number of hydrogen-bond donors (Lipinski definition) is 1. The fourth-order valence-corrected chi connectivity index (χ4v) is 3.03. The predicted octanol–water partition coefficient (Wildman–Crippen LogP) is 3.15. The van der Waals surface area contributed by atoms with Crippen molar-refractivity contribution in [2.45, 2.75) is 0 Å². The monoisotopic (exact) mass is 389 g/mol. The van der Waals surface area contributed by atoms with Crippen molar-refractivity contribution in [3.8, 4) is 22.6 Å². The minimum absolute atomic E-state index is 0.185. The Morgan fingerprint density at radius 2 is 1.76 bits per heavy atom. The molecule has 0 saturated heterocycles. The topological polar surface area (TPSA) is 91.2 Å². The van der Waals surface area contributed by atoms with Gasteiger partial charge in [0.2, 0.25) is 5.95 Å². The van der Waals surface area contributed by atoms with Gasteiger partial charge in [0.15, 0.2) is 0 Å². The molecule has 0 aliphatic carbocycles. The number of benzene rings is 1. The van der Waals surface area contributed by atoms with E-state index >= 15 is 0 Å². The van der Waals surface area contributed by atoms with E-state index in [1.54, 1.807) is 57.9 Å². The Labute approximate surface area is 166 Å². The highest BCUT2D eigenvalue weighted by Crippen LogP contribution is 2.29. The lowest BCUT2D eigenvalue weighted by atomic mass is 10.1. The molecule has 146 valence electrons. The van der Waals surface area contributed by atoms with E-state index < -0.39 is 0 Å². The van der Waals surface area contributed by atoms with Crippen LogP contribution in [0.4, 0.5) is 11.8 Å². The van der Waals surface area contributed by atoms with Crippen LogP contribution in [-0.2, 0) is 7.05 Å². The van der Waals surface area contributed by atoms with Gasteiger partial charge in [-0.15, -0.1) is 0 Å². The van der Waals surface area contributed by atoms with E-state index in [9.17, 15) is 4.79 Å². The summed E-state index contributed by atoms with van der Waals surface area (Å²) in [7, 11) is 4.82. The number of nitrogens with one attached hydrogen (secondary N) is 1. The molecule has 0 bridgehead atoms.